The number of carbonyl (C=O) groups is 1. The van der Waals surface area contributed by atoms with Gasteiger partial charge in [0, 0.05) is 30.5 Å². The molecule has 2 aliphatic rings. The molecule has 5 rings (SSSR count). The fourth-order valence-corrected chi connectivity index (χ4v) is 4.55. The van der Waals surface area contributed by atoms with Crippen LogP contribution in [0.1, 0.15) is 55.3 Å². The van der Waals surface area contributed by atoms with Crippen molar-refractivity contribution in [1.29, 1.82) is 0 Å². The fraction of sp³-hybridized carbons (Fsp3) is 0.429. The minimum absolute atomic E-state index is 0.230. The first-order valence-corrected chi connectivity index (χ1v) is 9.59. The number of para-hydroxylation sites is 1. The van der Waals surface area contributed by atoms with Crippen molar-refractivity contribution in [2.75, 3.05) is 6.54 Å². The Morgan fingerprint density at radius 3 is 2.96 bits per heavy atom. The van der Waals surface area contributed by atoms with E-state index in [1.54, 1.807) is 6.33 Å². The number of nitrogens with one attached hydrogen (secondary N) is 1. The Kier molecular flexibility index (Phi) is 3.80. The molecule has 3 heterocycles. The molecule has 1 aliphatic heterocycles. The first-order valence-electron chi connectivity index (χ1n) is 9.59. The van der Waals surface area contributed by atoms with Crippen LogP contribution >= 0.6 is 0 Å². The largest absolute Gasteiger partial charge is 0.458 e. The second kappa shape index (κ2) is 6.31. The number of furan rings is 1. The van der Waals surface area contributed by atoms with Crippen molar-refractivity contribution < 1.29 is 9.21 Å². The number of aromatic nitrogens is 2. The van der Waals surface area contributed by atoms with Crippen LogP contribution in [0.3, 0.4) is 0 Å². The van der Waals surface area contributed by atoms with Crippen LogP contribution in [-0.4, -0.2) is 27.3 Å². The van der Waals surface area contributed by atoms with Gasteiger partial charge in [0.1, 0.15) is 17.4 Å². The number of imidazole rings is 1. The molecule has 1 fully saturated rings. The number of nitrogens with zero attached hydrogens (tertiary/aromatic N) is 2. The van der Waals surface area contributed by atoms with Gasteiger partial charge in [-0.1, -0.05) is 31.0 Å². The molecule has 2 aromatic heterocycles. The summed E-state index contributed by atoms with van der Waals surface area (Å²) in [5.41, 5.74) is 2.89. The Morgan fingerprint density at radius 1 is 1.27 bits per heavy atom. The lowest BCUT2D eigenvalue weighted by Crippen LogP contribution is -2.41. The number of amides is 1. The van der Waals surface area contributed by atoms with Crippen molar-refractivity contribution >= 4 is 16.9 Å². The average molecular weight is 349 g/mol. The maximum absolute atomic E-state index is 13.1. The van der Waals surface area contributed by atoms with Gasteiger partial charge >= 0.3 is 0 Å². The third-order valence-electron chi connectivity index (χ3n) is 5.90. The van der Waals surface area contributed by atoms with Crippen LogP contribution in [0.15, 0.2) is 41.1 Å². The molecular formula is C21H23N3O2. The molecule has 1 aliphatic carbocycles. The van der Waals surface area contributed by atoms with Crippen molar-refractivity contribution in [1.82, 2.24) is 14.9 Å². The molecule has 134 valence electrons. The van der Waals surface area contributed by atoms with Crippen molar-refractivity contribution in [2.24, 2.45) is 5.92 Å². The zero-order valence-electron chi connectivity index (χ0n) is 14.8. The highest BCUT2D eigenvalue weighted by atomic mass is 16.3. The maximum atomic E-state index is 13.1. The van der Waals surface area contributed by atoms with E-state index < -0.39 is 0 Å². The van der Waals surface area contributed by atoms with Gasteiger partial charge in [-0.05, 0) is 30.9 Å². The Bertz CT molecular complexity index is 903. The molecule has 0 radical (unpaired) electrons. The number of carbonyl (C=O) groups excluding carboxylic acids is 1. The predicted molar refractivity (Wildman–Crippen MR) is 98.6 cm³/mol. The summed E-state index contributed by atoms with van der Waals surface area (Å²) in [7, 11) is 0. The minimum atomic E-state index is -0.230. The summed E-state index contributed by atoms with van der Waals surface area (Å²) >= 11 is 0. The van der Waals surface area contributed by atoms with Crippen LogP contribution in [0.2, 0.25) is 0 Å². The molecule has 1 N–H and O–H groups in total. The Morgan fingerprint density at radius 2 is 2.12 bits per heavy atom. The van der Waals surface area contributed by atoms with Gasteiger partial charge in [0.05, 0.1) is 12.0 Å². The Hall–Kier alpha value is -2.56. The summed E-state index contributed by atoms with van der Waals surface area (Å²) in [4.78, 5) is 22.9. The van der Waals surface area contributed by atoms with Crippen molar-refractivity contribution in [3.05, 3.63) is 53.8 Å². The van der Waals surface area contributed by atoms with E-state index in [1.165, 1.54) is 25.7 Å². The van der Waals surface area contributed by atoms with Gasteiger partial charge in [0.15, 0.2) is 0 Å². The smallest absolute Gasteiger partial charge is 0.223 e. The molecule has 5 nitrogen and oxygen atoms in total. The molecule has 1 amide bonds. The monoisotopic (exact) mass is 349 g/mol. The lowest BCUT2D eigenvalue weighted by Gasteiger charge is -2.34. The Balaban J connectivity index is 1.52. The number of hydrogen-bond donors (Lipinski definition) is 1. The van der Waals surface area contributed by atoms with E-state index in [1.807, 2.05) is 29.2 Å². The first-order chi connectivity index (χ1) is 12.8. The van der Waals surface area contributed by atoms with Crippen LogP contribution in [0, 0.1) is 5.92 Å². The van der Waals surface area contributed by atoms with E-state index in [4.69, 9.17) is 4.42 Å². The van der Waals surface area contributed by atoms with E-state index in [9.17, 15) is 4.79 Å². The first kappa shape index (κ1) is 15.7. The molecule has 1 saturated carbocycles. The van der Waals surface area contributed by atoms with E-state index in [-0.39, 0.29) is 11.9 Å². The van der Waals surface area contributed by atoms with Gasteiger partial charge in [-0.2, -0.15) is 0 Å². The number of hydrogen-bond acceptors (Lipinski definition) is 3. The second-order valence-corrected chi connectivity index (χ2v) is 7.55. The number of aromatic amines is 1. The number of rotatable bonds is 3. The highest BCUT2D eigenvalue weighted by Crippen LogP contribution is 2.37. The third kappa shape index (κ3) is 2.62. The van der Waals surface area contributed by atoms with E-state index in [0.717, 1.165) is 34.5 Å². The van der Waals surface area contributed by atoms with E-state index >= 15 is 0 Å². The normalized spacial score (nSPS) is 20.6. The molecule has 3 aromatic rings. The van der Waals surface area contributed by atoms with Crippen molar-refractivity contribution in [2.45, 2.75) is 44.6 Å². The van der Waals surface area contributed by atoms with Gasteiger partial charge in [0.25, 0.3) is 0 Å². The summed E-state index contributed by atoms with van der Waals surface area (Å²) in [6, 6.07) is 9.82. The van der Waals surface area contributed by atoms with Gasteiger partial charge in [-0.15, -0.1) is 0 Å². The van der Waals surface area contributed by atoms with Crippen LogP contribution < -0.4 is 0 Å². The second-order valence-electron chi connectivity index (χ2n) is 7.55. The lowest BCUT2D eigenvalue weighted by atomic mass is 9.97. The van der Waals surface area contributed by atoms with Crippen LogP contribution in [0.4, 0.5) is 0 Å². The quantitative estimate of drug-likeness (QED) is 0.770. The topological polar surface area (TPSA) is 62.1 Å². The van der Waals surface area contributed by atoms with Crippen LogP contribution in [0.5, 0.6) is 0 Å². The SMILES string of the molecule is O=C(CC1CCCC1)N1CCc2[nH]cnc2[C@H]1c1cc2ccccc2o1. The molecule has 5 heteroatoms. The van der Waals surface area contributed by atoms with E-state index in [2.05, 4.69) is 16.0 Å². The summed E-state index contributed by atoms with van der Waals surface area (Å²) in [5, 5.41) is 1.06. The molecule has 0 spiro atoms. The average Bonchev–Trinajstić information content (AvgIpc) is 3.40. The van der Waals surface area contributed by atoms with Crippen molar-refractivity contribution in [3.63, 3.8) is 0 Å². The molecule has 1 aromatic carbocycles. The number of fused-ring (bicyclic) bond motifs is 2. The maximum Gasteiger partial charge on any atom is 0.223 e. The lowest BCUT2D eigenvalue weighted by molar-refractivity contribution is -0.134. The van der Waals surface area contributed by atoms with Gasteiger partial charge in [0.2, 0.25) is 5.91 Å². The van der Waals surface area contributed by atoms with Crippen LogP contribution in [0.25, 0.3) is 11.0 Å². The number of benzene rings is 1. The zero-order chi connectivity index (χ0) is 17.5. The standard InChI is InChI=1S/C21H23N3O2/c25-19(11-14-5-1-2-6-14)24-10-9-16-20(23-13-22-16)21(24)18-12-15-7-3-4-8-17(15)26-18/h3-4,7-8,12-14,21H,1-2,5-6,9-11H2,(H,22,23)/t21-/m1/s1. The van der Waals surface area contributed by atoms with Gasteiger partial charge in [-0.25, -0.2) is 4.98 Å². The zero-order valence-corrected chi connectivity index (χ0v) is 14.8. The highest BCUT2D eigenvalue weighted by Gasteiger charge is 2.37. The summed E-state index contributed by atoms with van der Waals surface area (Å²) in [6.45, 7) is 0.711. The molecule has 0 saturated heterocycles. The number of H-pyrrole nitrogens is 1. The van der Waals surface area contributed by atoms with Crippen LogP contribution in [-0.2, 0) is 11.2 Å². The summed E-state index contributed by atoms with van der Waals surface area (Å²) in [6.07, 6.45) is 8.08. The van der Waals surface area contributed by atoms with Gasteiger partial charge in [-0.3, -0.25) is 4.79 Å². The summed E-state index contributed by atoms with van der Waals surface area (Å²) < 4.78 is 6.14. The molecule has 26 heavy (non-hydrogen) atoms. The minimum Gasteiger partial charge on any atom is -0.458 e. The Labute approximate surface area is 152 Å². The predicted octanol–water partition coefficient (Wildman–Crippen LogP) is 4.21. The summed E-state index contributed by atoms with van der Waals surface area (Å²) in [5.74, 6) is 1.58. The van der Waals surface area contributed by atoms with E-state index in [0.29, 0.717) is 18.9 Å². The molecule has 0 unspecified atom stereocenters. The molecular weight excluding hydrogens is 326 g/mol. The van der Waals surface area contributed by atoms with Crippen molar-refractivity contribution in [3.8, 4) is 0 Å². The fourth-order valence-electron chi connectivity index (χ4n) is 4.55. The molecule has 0 bridgehead atoms. The molecule has 1 atom stereocenters. The highest BCUT2D eigenvalue weighted by molar-refractivity contribution is 5.80. The third-order valence-corrected chi connectivity index (χ3v) is 5.90. The van der Waals surface area contributed by atoms with Gasteiger partial charge < -0.3 is 14.3 Å².